The van der Waals surface area contributed by atoms with Crippen LogP contribution in [0.5, 0.6) is 0 Å². The summed E-state index contributed by atoms with van der Waals surface area (Å²) in [6.45, 7) is 7.70. The van der Waals surface area contributed by atoms with E-state index >= 15 is 0 Å². The Hall–Kier alpha value is -1.38. The maximum Gasteiger partial charge on any atom is 0.255 e. The lowest BCUT2D eigenvalue weighted by Gasteiger charge is -2.23. The standard InChI is InChI=1S/C9H12N2O/c1-4-7-8(10-2)5-6-11(3)9(7)12/h4H,1-2,5-6H2,3H3. The molecule has 0 aromatic rings. The topological polar surface area (TPSA) is 32.7 Å². The Morgan fingerprint density at radius 2 is 2.33 bits per heavy atom. The van der Waals surface area contributed by atoms with E-state index in [-0.39, 0.29) is 5.91 Å². The van der Waals surface area contributed by atoms with E-state index in [4.69, 9.17) is 0 Å². The molecule has 1 rings (SSSR count). The van der Waals surface area contributed by atoms with Crippen LogP contribution in [0.2, 0.25) is 0 Å². The second kappa shape index (κ2) is 3.34. The highest BCUT2D eigenvalue weighted by Gasteiger charge is 2.21. The summed E-state index contributed by atoms with van der Waals surface area (Å²) in [7, 11) is 1.77. The summed E-state index contributed by atoms with van der Waals surface area (Å²) in [5.41, 5.74) is 1.34. The summed E-state index contributed by atoms with van der Waals surface area (Å²) in [4.78, 5) is 16.9. The van der Waals surface area contributed by atoms with Crippen LogP contribution in [-0.4, -0.2) is 31.1 Å². The van der Waals surface area contributed by atoms with Gasteiger partial charge in [0, 0.05) is 20.0 Å². The summed E-state index contributed by atoms with van der Waals surface area (Å²) in [5, 5.41) is 0. The van der Waals surface area contributed by atoms with Gasteiger partial charge in [-0.25, -0.2) is 0 Å². The molecule has 1 amide bonds. The van der Waals surface area contributed by atoms with Gasteiger partial charge in [0.25, 0.3) is 5.91 Å². The van der Waals surface area contributed by atoms with Crippen molar-refractivity contribution in [3.05, 3.63) is 23.9 Å². The molecule has 0 saturated carbocycles. The molecule has 0 fully saturated rings. The van der Waals surface area contributed by atoms with E-state index in [9.17, 15) is 4.79 Å². The molecule has 1 aliphatic heterocycles. The molecule has 0 unspecified atom stereocenters. The molecule has 1 heterocycles. The molecule has 0 aromatic carbocycles. The number of carbonyl (C=O) groups excluding carboxylic acids is 1. The normalized spacial score (nSPS) is 18.1. The number of aliphatic imine (C=N–C) groups is 1. The van der Waals surface area contributed by atoms with Crippen molar-refractivity contribution in [2.75, 3.05) is 13.6 Å². The zero-order chi connectivity index (χ0) is 9.14. The Labute approximate surface area is 72.1 Å². The van der Waals surface area contributed by atoms with E-state index in [1.165, 1.54) is 0 Å². The van der Waals surface area contributed by atoms with Gasteiger partial charge >= 0.3 is 0 Å². The van der Waals surface area contributed by atoms with Crippen molar-refractivity contribution in [2.24, 2.45) is 4.99 Å². The van der Waals surface area contributed by atoms with Gasteiger partial charge in [-0.3, -0.25) is 9.79 Å². The number of amides is 1. The van der Waals surface area contributed by atoms with E-state index < -0.39 is 0 Å². The predicted octanol–water partition coefficient (Wildman–Crippen LogP) is 0.989. The van der Waals surface area contributed by atoms with Crippen LogP contribution in [0.4, 0.5) is 0 Å². The molecule has 0 spiro atoms. The predicted molar refractivity (Wildman–Crippen MR) is 49.0 cm³/mol. The molecule has 3 heteroatoms. The molecule has 0 atom stereocenters. The molecule has 1 aliphatic rings. The minimum absolute atomic E-state index is 0.0151. The maximum absolute atomic E-state index is 11.4. The summed E-state index contributed by atoms with van der Waals surface area (Å²) >= 11 is 0. The molecule has 64 valence electrons. The summed E-state index contributed by atoms with van der Waals surface area (Å²) in [5.74, 6) is -0.0151. The Bertz CT molecular complexity index is 266. The first kappa shape index (κ1) is 8.71. The van der Waals surface area contributed by atoms with Gasteiger partial charge in [-0.1, -0.05) is 12.7 Å². The second-order valence-electron chi connectivity index (χ2n) is 2.70. The van der Waals surface area contributed by atoms with Gasteiger partial charge in [0.05, 0.1) is 11.3 Å². The number of hydrogen-bond acceptors (Lipinski definition) is 2. The Morgan fingerprint density at radius 3 is 2.83 bits per heavy atom. The first-order valence-electron chi connectivity index (χ1n) is 3.78. The number of carbonyl (C=O) groups is 1. The van der Waals surface area contributed by atoms with Crippen LogP contribution >= 0.6 is 0 Å². The third kappa shape index (κ3) is 1.30. The number of nitrogens with zero attached hydrogens (tertiary/aromatic N) is 2. The molecule has 3 nitrogen and oxygen atoms in total. The van der Waals surface area contributed by atoms with Crippen molar-refractivity contribution in [1.29, 1.82) is 0 Å². The SMILES string of the molecule is C=CC1=C(N=C)CCN(C)C1=O. The molecule has 0 aromatic heterocycles. The third-order valence-corrected chi connectivity index (χ3v) is 1.97. The zero-order valence-corrected chi connectivity index (χ0v) is 7.21. The second-order valence-corrected chi connectivity index (χ2v) is 2.70. The van der Waals surface area contributed by atoms with Gasteiger partial charge in [0.15, 0.2) is 0 Å². The fraction of sp³-hybridized carbons (Fsp3) is 0.333. The van der Waals surface area contributed by atoms with Gasteiger partial charge < -0.3 is 4.90 Å². The van der Waals surface area contributed by atoms with Crippen molar-refractivity contribution < 1.29 is 4.79 Å². The van der Waals surface area contributed by atoms with E-state index in [1.807, 2.05) is 0 Å². The smallest absolute Gasteiger partial charge is 0.255 e. The van der Waals surface area contributed by atoms with E-state index in [1.54, 1.807) is 18.0 Å². The van der Waals surface area contributed by atoms with E-state index in [2.05, 4.69) is 18.3 Å². The minimum atomic E-state index is -0.0151. The van der Waals surface area contributed by atoms with E-state index in [0.717, 1.165) is 12.1 Å². The van der Waals surface area contributed by atoms with Crippen LogP contribution in [-0.2, 0) is 4.79 Å². The first-order valence-corrected chi connectivity index (χ1v) is 3.78. The lowest BCUT2D eigenvalue weighted by molar-refractivity contribution is -0.126. The van der Waals surface area contributed by atoms with Gasteiger partial charge in [-0.15, -0.1) is 0 Å². The number of rotatable bonds is 2. The summed E-state index contributed by atoms with van der Waals surface area (Å²) in [6, 6.07) is 0. The number of likely N-dealkylation sites (N-methyl/N-ethyl adjacent to an activating group) is 1. The van der Waals surface area contributed by atoms with Crippen LogP contribution in [0.25, 0.3) is 0 Å². The average molecular weight is 164 g/mol. The lowest BCUT2D eigenvalue weighted by Crippen LogP contribution is -2.33. The van der Waals surface area contributed by atoms with Gasteiger partial charge in [0.1, 0.15) is 0 Å². The maximum atomic E-state index is 11.4. The van der Waals surface area contributed by atoms with Crippen LogP contribution in [0.15, 0.2) is 28.9 Å². The summed E-state index contributed by atoms with van der Waals surface area (Å²) < 4.78 is 0. The third-order valence-electron chi connectivity index (χ3n) is 1.97. The monoisotopic (exact) mass is 164 g/mol. The Balaban J connectivity index is 3.07. The molecular weight excluding hydrogens is 152 g/mol. The van der Waals surface area contributed by atoms with Crippen molar-refractivity contribution >= 4 is 12.6 Å². The van der Waals surface area contributed by atoms with Gasteiger partial charge in [-0.05, 0) is 6.72 Å². The quantitative estimate of drug-likeness (QED) is 0.560. The molecule has 0 bridgehead atoms. The molecule has 12 heavy (non-hydrogen) atoms. The van der Waals surface area contributed by atoms with Crippen molar-refractivity contribution in [2.45, 2.75) is 6.42 Å². The van der Waals surface area contributed by atoms with Crippen LogP contribution in [0.1, 0.15) is 6.42 Å². The minimum Gasteiger partial charge on any atom is -0.341 e. The Kier molecular flexibility index (Phi) is 2.43. The highest BCUT2D eigenvalue weighted by molar-refractivity contribution is 5.97. The molecule has 0 radical (unpaired) electrons. The van der Waals surface area contributed by atoms with Gasteiger partial charge in [0.2, 0.25) is 0 Å². The van der Waals surface area contributed by atoms with E-state index in [0.29, 0.717) is 12.1 Å². The highest BCUT2D eigenvalue weighted by atomic mass is 16.2. The average Bonchev–Trinajstić information content (AvgIpc) is 2.09. The molecule has 0 saturated heterocycles. The van der Waals surface area contributed by atoms with Crippen LogP contribution in [0.3, 0.4) is 0 Å². The van der Waals surface area contributed by atoms with Crippen LogP contribution in [0, 0.1) is 0 Å². The van der Waals surface area contributed by atoms with Crippen molar-refractivity contribution in [1.82, 2.24) is 4.90 Å². The van der Waals surface area contributed by atoms with Crippen LogP contribution < -0.4 is 0 Å². The lowest BCUT2D eigenvalue weighted by atomic mass is 10.1. The fourth-order valence-corrected chi connectivity index (χ4v) is 1.21. The molecule has 0 N–H and O–H groups in total. The fourth-order valence-electron chi connectivity index (χ4n) is 1.21. The number of hydrogen-bond donors (Lipinski definition) is 0. The molecular formula is C9H12N2O. The highest BCUT2D eigenvalue weighted by Crippen LogP contribution is 2.19. The van der Waals surface area contributed by atoms with Crippen molar-refractivity contribution in [3.63, 3.8) is 0 Å². The molecule has 0 aliphatic carbocycles. The first-order chi connectivity index (χ1) is 5.70. The van der Waals surface area contributed by atoms with Crippen molar-refractivity contribution in [3.8, 4) is 0 Å². The summed E-state index contributed by atoms with van der Waals surface area (Å²) in [6.07, 6.45) is 2.31. The Morgan fingerprint density at radius 1 is 1.67 bits per heavy atom. The van der Waals surface area contributed by atoms with Gasteiger partial charge in [-0.2, -0.15) is 0 Å². The zero-order valence-electron chi connectivity index (χ0n) is 7.21. The largest absolute Gasteiger partial charge is 0.341 e.